The molecule has 1 unspecified atom stereocenters. The minimum Gasteiger partial charge on any atom is -0.355 e. The Labute approximate surface area is 144 Å². The molecule has 5 heteroatoms. The zero-order valence-electron chi connectivity index (χ0n) is 15.4. The number of carbonyl (C=O) groups is 1. The molecule has 0 aromatic carbocycles. The number of fused-ring (bicyclic) bond motifs is 1. The minimum absolute atomic E-state index is 0.0494. The average Bonchev–Trinajstić information content (AvgIpc) is 3.27. The molecule has 3 N–H and O–H groups in total. The van der Waals surface area contributed by atoms with E-state index >= 15 is 0 Å². The van der Waals surface area contributed by atoms with Gasteiger partial charge in [0.25, 0.3) is 5.85 Å². The maximum Gasteiger partial charge on any atom is 0.250 e. The van der Waals surface area contributed by atoms with Gasteiger partial charge in [-0.2, -0.15) is 0 Å². The molecular weight excluding hydrogens is 304 g/mol. The van der Waals surface area contributed by atoms with E-state index in [0.29, 0.717) is 12.2 Å². The van der Waals surface area contributed by atoms with Crippen molar-refractivity contribution in [3.63, 3.8) is 0 Å². The fourth-order valence-corrected chi connectivity index (χ4v) is 6.35. The molecule has 0 heterocycles. The third-order valence-electron chi connectivity index (χ3n) is 8.64. The molecule has 0 amide bonds. The first-order chi connectivity index (χ1) is 11.1. The topological polar surface area (TPSA) is 92.8 Å². The lowest BCUT2D eigenvalue weighted by atomic mass is 9.48. The van der Waals surface area contributed by atoms with Gasteiger partial charge in [0.2, 0.25) is 0 Å². The molecule has 0 aromatic rings. The molecule has 24 heavy (non-hydrogen) atoms. The molecule has 3 rings (SSSR count). The van der Waals surface area contributed by atoms with Crippen LogP contribution in [0.3, 0.4) is 0 Å². The third kappa shape index (κ3) is 2.23. The van der Waals surface area contributed by atoms with Gasteiger partial charge in [-0.3, -0.25) is 10.5 Å². The number of nitrogens with two attached hydrogens (primary N) is 1. The fraction of sp³-hybridized carbons (Fsp3) is 0.947. The van der Waals surface area contributed by atoms with Crippen molar-refractivity contribution in [3.8, 4) is 0 Å². The summed E-state index contributed by atoms with van der Waals surface area (Å²) in [6, 6.07) is 0. The lowest BCUT2D eigenvalue weighted by Gasteiger charge is -2.55. The summed E-state index contributed by atoms with van der Waals surface area (Å²) in [5, 5.41) is 12.3. The van der Waals surface area contributed by atoms with Crippen LogP contribution in [0, 0.1) is 26.6 Å². The highest BCUT2D eigenvalue weighted by molar-refractivity contribution is 5.86. The summed E-state index contributed by atoms with van der Waals surface area (Å²) < 4.78 is 0. The van der Waals surface area contributed by atoms with Crippen LogP contribution in [0.15, 0.2) is 5.18 Å². The van der Waals surface area contributed by atoms with Crippen molar-refractivity contribution < 1.29 is 9.90 Å². The number of hydrogen-bond acceptors (Lipinski definition) is 5. The van der Waals surface area contributed by atoms with Crippen LogP contribution >= 0.6 is 0 Å². The second-order valence-electron chi connectivity index (χ2n) is 9.38. The van der Waals surface area contributed by atoms with Gasteiger partial charge in [-0.05, 0) is 72.8 Å². The highest BCUT2D eigenvalue weighted by Crippen LogP contribution is 2.78. The summed E-state index contributed by atoms with van der Waals surface area (Å²) >= 11 is 0. The summed E-state index contributed by atoms with van der Waals surface area (Å²) in [5.74, 6) is -1.48. The second-order valence-corrected chi connectivity index (χ2v) is 9.38. The van der Waals surface area contributed by atoms with Crippen LogP contribution in [0.25, 0.3) is 0 Å². The Kier molecular flexibility index (Phi) is 4.00. The van der Waals surface area contributed by atoms with Crippen LogP contribution in [0.2, 0.25) is 0 Å². The highest BCUT2D eigenvalue weighted by Gasteiger charge is 2.72. The van der Waals surface area contributed by atoms with Crippen LogP contribution in [-0.4, -0.2) is 16.7 Å². The highest BCUT2D eigenvalue weighted by atomic mass is 16.4. The Morgan fingerprint density at radius 2 is 1.79 bits per heavy atom. The van der Waals surface area contributed by atoms with Gasteiger partial charge in [0.05, 0.1) is 0 Å². The molecule has 0 bridgehead atoms. The van der Waals surface area contributed by atoms with E-state index < -0.39 is 5.85 Å². The van der Waals surface area contributed by atoms with Crippen LogP contribution < -0.4 is 5.73 Å². The first-order valence-corrected chi connectivity index (χ1v) is 9.45. The molecule has 136 valence electrons. The first-order valence-electron chi connectivity index (χ1n) is 9.45. The molecule has 0 aliphatic heterocycles. The van der Waals surface area contributed by atoms with Crippen molar-refractivity contribution in [2.75, 3.05) is 0 Å². The molecular formula is C19H32N2O3. The van der Waals surface area contributed by atoms with Gasteiger partial charge in [0, 0.05) is 18.3 Å². The van der Waals surface area contributed by atoms with E-state index in [4.69, 9.17) is 5.73 Å². The smallest absolute Gasteiger partial charge is 0.250 e. The Morgan fingerprint density at radius 1 is 1.12 bits per heavy atom. The van der Waals surface area contributed by atoms with E-state index in [1.54, 1.807) is 0 Å². The van der Waals surface area contributed by atoms with E-state index in [2.05, 4.69) is 25.9 Å². The standard InChI is InChI=1S/C19H32N2O3/c1-15-10-11-17(3,16(15,2)7-4-6-14(15)22)18(12-13-18)8-5-9-19(20,23)21-24/h23H,4-13,20H2,1-3H3/t15-,16-,17-,19?/m0/s1. The van der Waals surface area contributed by atoms with Gasteiger partial charge in [0.1, 0.15) is 5.78 Å². The monoisotopic (exact) mass is 336 g/mol. The van der Waals surface area contributed by atoms with Gasteiger partial charge >= 0.3 is 0 Å². The van der Waals surface area contributed by atoms with Crippen LogP contribution in [-0.2, 0) is 4.79 Å². The lowest BCUT2D eigenvalue weighted by Crippen LogP contribution is -2.52. The normalized spacial score (nSPS) is 43.1. The molecule has 3 aliphatic carbocycles. The summed E-state index contributed by atoms with van der Waals surface area (Å²) in [5.41, 5.74) is 5.70. The average molecular weight is 336 g/mol. The van der Waals surface area contributed by atoms with Crippen LogP contribution in [0.5, 0.6) is 0 Å². The Balaban J connectivity index is 1.80. The number of ketones is 1. The third-order valence-corrected chi connectivity index (χ3v) is 8.64. The number of aliphatic hydroxyl groups is 1. The lowest BCUT2D eigenvalue weighted by molar-refractivity contribution is -0.146. The Hall–Kier alpha value is -0.810. The minimum atomic E-state index is -1.94. The zero-order valence-corrected chi connectivity index (χ0v) is 15.4. The number of nitroso groups, excluding NO2 is 1. The van der Waals surface area contributed by atoms with E-state index in [1.807, 2.05) is 0 Å². The largest absolute Gasteiger partial charge is 0.355 e. The van der Waals surface area contributed by atoms with Crippen LogP contribution in [0.4, 0.5) is 0 Å². The molecule has 5 nitrogen and oxygen atoms in total. The maximum absolute atomic E-state index is 12.7. The van der Waals surface area contributed by atoms with Crippen molar-refractivity contribution in [1.82, 2.24) is 0 Å². The van der Waals surface area contributed by atoms with Crippen LogP contribution in [0.1, 0.15) is 85.0 Å². The van der Waals surface area contributed by atoms with Gasteiger partial charge in [-0.15, -0.1) is 4.91 Å². The predicted molar refractivity (Wildman–Crippen MR) is 92.9 cm³/mol. The summed E-state index contributed by atoms with van der Waals surface area (Å²) in [4.78, 5) is 23.3. The van der Waals surface area contributed by atoms with Gasteiger partial charge in [0.15, 0.2) is 0 Å². The summed E-state index contributed by atoms with van der Waals surface area (Å²) in [6.45, 7) is 6.95. The van der Waals surface area contributed by atoms with Crippen molar-refractivity contribution in [2.24, 2.45) is 32.6 Å². The number of nitrogens with zero attached hydrogens (tertiary/aromatic N) is 1. The number of Topliss-reactive ketones (excluding diaryl/α,β-unsaturated/α-hetero) is 1. The SMILES string of the molecule is C[C@]12CCCC(=O)[C@]1(C)CC[C@]2(C)C1(CCCC(N)(O)N=O)CC1. The fourth-order valence-electron chi connectivity index (χ4n) is 6.35. The van der Waals surface area contributed by atoms with Crippen molar-refractivity contribution in [2.45, 2.75) is 90.8 Å². The molecule has 4 atom stereocenters. The molecule has 3 aliphatic rings. The number of hydrogen-bond donors (Lipinski definition) is 2. The first kappa shape index (κ1) is 18.0. The predicted octanol–water partition coefficient (Wildman–Crippen LogP) is 3.87. The maximum atomic E-state index is 12.7. The van der Waals surface area contributed by atoms with Gasteiger partial charge in [-0.1, -0.05) is 20.8 Å². The quantitative estimate of drug-likeness (QED) is 0.569. The van der Waals surface area contributed by atoms with Crippen molar-refractivity contribution >= 4 is 5.78 Å². The van der Waals surface area contributed by atoms with Crippen molar-refractivity contribution in [3.05, 3.63) is 4.91 Å². The molecule has 0 aromatic heterocycles. The zero-order chi connectivity index (χ0) is 17.9. The number of carbonyl (C=O) groups excluding carboxylic acids is 1. The molecule has 0 saturated heterocycles. The second kappa shape index (κ2) is 5.34. The Bertz CT molecular complexity index is 557. The van der Waals surface area contributed by atoms with Crippen molar-refractivity contribution in [1.29, 1.82) is 0 Å². The summed E-state index contributed by atoms with van der Waals surface area (Å²) in [6.07, 6.45) is 9.21. The molecule has 0 radical (unpaired) electrons. The Morgan fingerprint density at radius 3 is 2.38 bits per heavy atom. The summed E-state index contributed by atoms with van der Waals surface area (Å²) in [7, 11) is 0. The molecule has 3 fully saturated rings. The van der Waals surface area contributed by atoms with Gasteiger partial charge in [-0.25, -0.2) is 0 Å². The van der Waals surface area contributed by atoms with E-state index in [0.717, 1.165) is 38.5 Å². The molecule has 0 spiro atoms. The van der Waals surface area contributed by atoms with E-state index in [9.17, 15) is 14.8 Å². The molecule has 3 saturated carbocycles. The van der Waals surface area contributed by atoms with Gasteiger partial charge < -0.3 is 5.11 Å². The van der Waals surface area contributed by atoms with E-state index in [-0.39, 0.29) is 28.1 Å². The van der Waals surface area contributed by atoms with E-state index in [1.165, 1.54) is 12.8 Å². The number of rotatable bonds is 6.